The molecule has 0 saturated carbocycles. The number of carbonyl (C=O) groups excluding carboxylic acids is 1. The van der Waals surface area contributed by atoms with Gasteiger partial charge in [-0.05, 0) is 73.9 Å². The van der Waals surface area contributed by atoms with Crippen LogP contribution < -0.4 is 14.8 Å². The largest absolute Gasteiger partial charge is 0.494 e. The fraction of sp³-hybridized carbons (Fsp3) is 0.333. The maximum absolute atomic E-state index is 13.0. The number of aliphatic carboxylic acids is 1. The number of carboxylic acid groups (broad SMARTS) is 1. The number of hydrogen-bond acceptors (Lipinski definition) is 5. The van der Waals surface area contributed by atoms with E-state index in [1.807, 2.05) is 42.5 Å². The smallest absolute Gasteiger partial charge is 0.333 e. The molecule has 0 spiro atoms. The Labute approximate surface area is 228 Å². The molecule has 3 rings (SSSR count). The van der Waals surface area contributed by atoms with Crippen molar-refractivity contribution in [3.8, 4) is 11.5 Å². The molecule has 0 bridgehead atoms. The molecule has 8 nitrogen and oxygen atoms in total. The molecule has 0 heterocycles. The van der Waals surface area contributed by atoms with Gasteiger partial charge in [0.05, 0.1) is 13.2 Å². The first-order valence-electron chi connectivity index (χ1n) is 13.0. The average Bonchev–Trinajstić information content (AvgIpc) is 2.94. The van der Waals surface area contributed by atoms with Crippen LogP contribution in [-0.2, 0) is 16.0 Å². The Hall–Kier alpha value is -4.11. The van der Waals surface area contributed by atoms with Crippen LogP contribution in [0.5, 0.6) is 11.5 Å². The standard InChI is InChI=1S/C30H35FN2O6/c1-2-37-28(29(34)35)22-23-10-14-26(15-11-23)39-21-19-33(30(36)32-25-8-4-3-5-9-25)18-6-7-20-38-27-16-12-24(31)13-17-27/h3-5,8-17,28H,2,6-7,18-22H2,1H3,(H,32,36)(H,34,35). The number of carbonyl (C=O) groups is 2. The Morgan fingerprint density at radius 3 is 2.15 bits per heavy atom. The van der Waals surface area contributed by atoms with Crippen molar-refractivity contribution in [1.82, 2.24) is 4.90 Å². The molecule has 2 N–H and O–H groups in total. The average molecular weight is 539 g/mol. The van der Waals surface area contributed by atoms with E-state index in [4.69, 9.17) is 14.2 Å². The van der Waals surface area contributed by atoms with Crippen LogP contribution in [0.2, 0.25) is 0 Å². The molecular weight excluding hydrogens is 503 g/mol. The Bertz CT molecular complexity index is 1140. The molecule has 0 aromatic heterocycles. The molecular formula is C30H35FN2O6. The first-order valence-corrected chi connectivity index (χ1v) is 13.0. The minimum atomic E-state index is -0.993. The summed E-state index contributed by atoms with van der Waals surface area (Å²) in [6.07, 6.45) is 0.803. The third-order valence-electron chi connectivity index (χ3n) is 5.83. The van der Waals surface area contributed by atoms with Crippen molar-refractivity contribution < 1.29 is 33.3 Å². The van der Waals surface area contributed by atoms with Gasteiger partial charge in [0.15, 0.2) is 6.10 Å². The highest BCUT2D eigenvalue weighted by atomic mass is 19.1. The Kier molecular flexibility index (Phi) is 12.1. The molecule has 208 valence electrons. The van der Waals surface area contributed by atoms with Crippen LogP contribution in [-0.4, -0.2) is 61.0 Å². The molecule has 2 amide bonds. The summed E-state index contributed by atoms with van der Waals surface area (Å²) >= 11 is 0. The van der Waals surface area contributed by atoms with Crippen LogP contribution >= 0.6 is 0 Å². The number of rotatable bonds is 16. The van der Waals surface area contributed by atoms with Crippen LogP contribution in [0, 0.1) is 5.82 Å². The monoisotopic (exact) mass is 538 g/mol. The molecule has 1 atom stereocenters. The molecule has 0 aliphatic carbocycles. The summed E-state index contributed by atoms with van der Waals surface area (Å²) in [5.74, 6) is -0.0777. The van der Waals surface area contributed by atoms with Gasteiger partial charge in [0, 0.05) is 25.3 Å². The molecule has 3 aromatic carbocycles. The maximum Gasteiger partial charge on any atom is 0.333 e. The number of para-hydroxylation sites is 1. The number of halogens is 1. The lowest BCUT2D eigenvalue weighted by Crippen LogP contribution is -2.38. The van der Waals surface area contributed by atoms with Gasteiger partial charge in [0.2, 0.25) is 0 Å². The third kappa shape index (κ3) is 10.6. The normalized spacial score (nSPS) is 11.4. The number of ether oxygens (including phenoxy) is 3. The quantitative estimate of drug-likeness (QED) is 0.230. The second kappa shape index (κ2) is 16.0. The summed E-state index contributed by atoms with van der Waals surface area (Å²) in [7, 11) is 0. The van der Waals surface area contributed by atoms with Gasteiger partial charge >= 0.3 is 12.0 Å². The highest BCUT2D eigenvalue weighted by molar-refractivity contribution is 5.89. The highest BCUT2D eigenvalue weighted by Gasteiger charge is 2.18. The van der Waals surface area contributed by atoms with Gasteiger partial charge in [-0.25, -0.2) is 14.0 Å². The summed E-state index contributed by atoms with van der Waals surface area (Å²) < 4.78 is 29.8. The van der Waals surface area contributed by atoms with Gasteiger partial charge in [-0.2, -0.15) is 0 Å². The number of carboxylic acids is 1. The van der Waals surface area contributed by atoms with Crippen LogP contribution in [0.4, 0.5) is 14.9 Å². The van der Waals surface area contributed by atoms with E-state index >= 15 is 0 Å². The number of nitrogens with zero attached hydrogens (tertiary/aromatic N) is 1. The number of nitrogens with one attached hydrogen (secondary N) is 1. The van der Waals surface area contributed by atoms with Crippen LogP contribution in [0.25, 0.3) is 0 Å². The molecule has 0 fully saturated rings. The topological polar surface area (TPSA) is 97.3 Å². The predicted octanol–water partition coefficient (Wildman–Crippen LogP) is 5.63. The first-order chi connectivity index (χ1) is 18.9. The number of urea groups is 1. The fourth-order valence-electron chi connectivity index (χ4n) is 3.79. The van der Waals surface area contributed by atoms with Gasteiger partial charge in [-0.1, -0.05) is 30.3 Å². The first kappa shape index (κ1) is 29.4. The molecule has 1 unspecified atom stereocenters. The lowest BCUT2D eigenvalue weighted by atomic mass is 10.1. The van der Waals surface area contributed by atoms with Gasteiger partial charge in [-0.3, -0.25) is 0 Å². The number of amides is 2. The summed E-state index contributed by atoms with van der Waals surface area (Å²) in [6, 6.07) is 22.1. The van der Waals surface area contributed by atoms with Crippen molar-refractivity contribution >= 4 is 17.7 Å². The SMILES string of the molecule is CCOC(Cc1ccc(OCCN(CCCCOc2ccc(F)cc2)C(=O)Nc2ccccc2)cc1)C(=O)O. The Morgan fingerprint density at radius 2 is 1.51 bits per heavy atom. The molecule has 9 heteroatoms. The van der Waals surface area contributed by atoms with Crippen LogP contribution in [0.15, 0.2) is 78.9 Å². The predicted molar refractivity (Wildman–Crippen MR) is 147 cm³/mol. The zero-order valence-corrected chi connectivity index (χ0v) is 22.1. The number of hydrogen-bond donors (Lipinski definition) is 2. The highest BCUT2D eigenvalue weighted by Crippen LogP contribution is 2.16. The number of unbranched alkanes of at least 4 members (excludes halogenated alkanes) is 1. The third-order valence-corrected chi connectivity index (χ3v) is 5.83. The zero-order chi connectivity index (χ0) is 27.9. The molecule has 0 aliphatic heterocycles. The van der Waals surface area contributed by atoms with Crippen molar-refractivity contribution in [2.24, 2.45) is 0 Å². The maximum atomic E-state index is 13.0. The van der Waals surface area contributed by atoms with Crippen molar-refractivity contribution in [1.29, 1.82) is 0 Å². The summed E-state index contributed by atoms with van der Waals surface area (Å²) in [5, 5.41) is 12.2. The summed E-state index contributed by atoms with van der Waals surface area (Å²) in [6.45, 7) is 3.69. The van der Waals surface area contributed by atoms with E-state index in [1.54, 1.807) is 36.1 Å². The van der Waals surface area contributed by atoms with Crippen molar-refractivity contribution in [2.45, 2.75) is 32.3 Å². The van der Waals surface area contributed by atoms with Gasteiger partial charge in [0.1, 0.15) is 23.9 Å². The Morgan fingerprint density at radius 1 is 0.872 bits per heavy atom. The molecule has 0 saturated heterocycles. The summed E-state index contributed by atoms with van der Waals surface area (Å²) in [5.41, 5.74) is 1.53. The molecule has 0 aliphatic rings. The van der Waals surface area contributed by atoms with Gasteiger partial charge < -0.3 is 29.5 Å². The van der Waals surface area contributed by atoms with Crippen LogP contribution in [0.3, 0.4) is 0 Å². The second-order valence-corrected chi connectivity index (χ2v) is 8.77. The minimum Gasteiger partial charge on any atom is -0.494 e. The van der Waals surface area contributed by atoms with E-state index in [-0.39, 0.29) is 24.9 Å². The lowest BCUT2D eigenvalue weighted by Gasteiger charge is -2.23. The zero-order valence-electron chi connectivity index (χ0n) is 22.1. The van der Waals surface area contributed by atoms with E-state index < -0.39 is 12.1 Å². The number of benzene rings is 3. The van der Waals surface area contributed by atoms with E-state index in [9.17, 15) is 19.1 Å². The van der Waals surface area contributed by atoms with E-state index in [0.29, 0.717) is 56.3 Å². The van der Waals surface area contributed by atoms with E-state index in [1.165, 1.54) is 12.1 Å². The molecule has 3 aromatic rings. The minimum absolute atomic E-state index is 0.227. The van der Waals surface area contributed by atoms with Crippen molar-refractivity contribution in [3.63, 3.8) is 0 Å². The van der Waals surface area contributed by atoms with Crippen molar-refractivity contribution in [2.75, 3.05) is 38.2 Å². The lowest BCUT2D eigenvalue weighted by molar-refractivity contribution is -0.149. The van der Waals surface area contributed by atoms with E-state index in [0.717, 1.165) is 5.56 Å². The Balaban J connectivity index is 1.49. The summed E-state index contributed by atoms with van der Waals surface area (Å²) in [4.78, 5) is 26.0. The van der Waals surface area contributed by atoms with Gasteiger partial charge in [-0.15, -0.1) is 0 Å². The molecule has 0 radical (unpaired) electrons. The van der Waals surface area contributed by atoms with E-state index in [2.05, 4.69) is 5.32 Å². The van der Waals surface area contributed by atoms with Gasteiger partial charge in [0.25, 0.3) is 0 Å². The fourth-order valence-corrected chi connectivity index (χ4v) is 3.79. The molecule has 39 heavy (non-hydrogen) atoms. The second-order valence-electron chi connectivity index (χ2n) is 8.77. The number of anilines is 1. The van der Waals surface area contributed by atoms with Crippen LogP contribution in [0.1, 0.15) is 25.3 Å². The van der Waals surface area contributed by atoms with Crippen molar-refractivity contribution in [3.05, 3.63) is 90.2 Å².